The minimum atomic E-state index is -4.97. The molecule has 3 rings (SSSR count). The van der Waals surface area contributed by atoms with E-state index in [1.807, 2.05) is 0 Å². The largest absolute Gasteiger partial charge is 0.455 e. The van der Waals surface area contributed by atoms with Gasteiger partial charge in [-0.1, -0.05) is 0 Å². The maximum atomic E-state index is 13.6. The van der Waals surface area contributed by atoms with Gasteiger partial charge in [-0.15, -0.1) is 0 Å². The standard InChI is InChI=1S/C20H11F9N2O/c21-11-6-15(22)13(16(23)7-11)9-31-18-4-2-12(8-30-18)32-17-5-10(19(24,25)26)1-3-14(17)20(27,28)29/h1-8H,9H2,(H,30,31). The molecule has 0 aliphatic heterocycles. The van der Waals surface area contributed by atoms with Crippen molar-refractivity contribution in [2.75, 3.05) is 5.32 Å². The summed E-state index contributed by atoms with van der Waals surface area (Å²) in [4.78, 5) is 3.77. The third kappa shape index (κ3) is 5.42. The van der Waals surface area contributed by atoms with Gasteiger partial charge in [0.1, 0.15) is 34.8 Å². The molecule has 1 heterocycles. The Bertz CT molecular complexity index is 1090. The van der Waals surface area contributed by atoms with Crippen LogP contribution in [-0.4, -0.2) is 4.98 Å². The number of halogens is 9. The number of pyridine rings is 1. The fraction of sp³-hybridized carbons (Fsp3) is 0.150. The molecule has 0 fully saturated rings. The molecule has 0 radical (unpaired) electrons. The quantitative estimate of drug-likeness (QED) is 0.414. The molecule has 0 aliphatic carbocycles. The maximum absolute atomic E-state index is 13.6. The fourth-order valence-electron chi connectivity index (χ4n) is 2.61. The minimum Gasteiger partial charge on any atom is -0.455 e. The third-order valence-electron chi connectivity index (χ3n) is 4.13. The summed E-state index contributed by atoms with van der Waals surface area (Å²) < 4.78 is 123. The molecule has 0 atom stereocenters. The van der Waals surface area contributed by atoms with Crippen molar-refractivity contribution in [3.05, 3.63) is 82.8 Å². The fourth-order valence-corrected chi connectivity index (χ4v) is 2.61. The smallest absolute Gasteiger partial charge is 0.419 e. The summed E-state index contributed by atoms with van der Waals surface area (Å²) in [7, 11) is 0. The first-order valence-corrected chi connectivity index (χ1v) is 8.64. The average Bonchev–Trinajstić information content (AvgIpc) is 2.67. The Morgan fingerprint density at radius 3 is 2.00 bits per heavy atom. The number of hydrogen-bond donors (Lipinski definition) is 1. The number of benzene rings is 2. The highest BCUT2D eigenvalue weighted by atomic mass is 19.4. The number of rotatable bonds is 5. The lowest BCUT2D eigenvalue weighted by Crippen LogP contribution is -2.11. The predicted molar refractivity (Wildman–Crippen MR) is 94.4 cm³/mol. The molecule has 0 amide bonds. The van der Waals surface area contributed by atoms with Crippen LogP contribution in [0.1, 0.15) is 16.7 Å². The van der Waals surface area contributed by atoms with E-state index in [2.05, 4.69) is 10.3 Å². The Balaban J connectivity index is 1.79. The Hall–Kier alpha value is -3.44. The molecule has 1 aromatic heterocycles. The van der Waals surface area contributed by atoms with E-state index < -0.39 is 58.8 Å². The number of anilines is 1. The lowest BCUT2D eigenvalue weighted by Gasteiger charge is -2.16. The van der Waals surface area contributed by atoms with Crippen LogP contribution in [0.4, 0.5) is 45.3 Å². The topological polar surface area (TPSA) is 34.1 Å². The molecule has 0 saturated heterocycles. The molecule has 0 spiro atoms. The predicted octanol–water partition coefficient (Wildman–Crippen LogP) is 6.94. The van der Waals surface area contributed by atoms with Crippen molar-refractivity contribution in [1.29, 1.82) is 0 Å². The molecule has 3 aromatic rings. The molecule has 0 aliphatic rings. The Kier molecular flexibility index (Phi) is 6.24. The van der Waals surface area contributed by atoms with Crippen LogP contribution >= 0.6 is 0 Å². The normalized spacial score (nSPS) is 12.0. The zero-order valence-corrected chi connectivity index (χ0v) is 15.6. The van der Waals surface area contributed by atoms with Crippen molar-refractivity contribution < 1.29 is 44.3 Å². The number of nitrogens with one attached hydrogen (secondary N) is 1. The highest BCUT2D eigenvalue weighted by Crippen LogP contribution is 2.41. The van der Waals surface area contributed by atoms with Crippen molar-refractivity contribution >= 4 is 5.82 Å². The first-order chi connectivity index (χ1) is 14.8. The van der Waals surface area contributed by atoms with E-state index in [1.165, 1.54) is 0 Å². The molecule has 12 heteroatoms. The second-order valence-electron chi connectivity index (χ2n) is 6.39. The van der Waals surface area contributed by atoms with Gasteiger partial charge in [-0.25, -0.2) is 18.2 Å². The van der Waals surface area contributed by atoms with Crippen LogP contribution in [0, 0.1) is 17.5 Å². The summed E-state index contributed by atoms with van der Waals surface area (Å²) in [5.41, 5.74) is -3.24. The van der Waals surface area contributed by atoms with Crippen LogP contribution < -0.4 is 10.1 Å². The van der Waals surface area contributed by atoms with Gasteiger partial charge >= 0.3 is 12.4 Å². The number of ether oxygens (including phenoxy) is 1. The molecule has 32 heavy (non-hydrogen) atoms. The number of aromatic nitrogens is 1. The first kappa shape index (κ1) is 23.2. The average molecular weight is 466 g/mol. The monoisotopic (exact) mass is 466 g/mol. The number of nitrogens with zero attached hydrogens (tertiary/aromatic N) is 1. The molecule has 3 nitrogen and oxygen atoms in total. The summed E-state index contributed by atoms with van der Waals surface area (Å²) in [6.45, 7) is -0.434. The highest BCUT2D eigenvalue weighted by molar-refractivity contribution is 5.45. The van der Waals surface area contributed by atoms with E-state index in [1.54, 1.807) is 0 Å². The first-order valence-electron chi connectivity index (χ1n) is 8.64. The molecular formula is C20H11F9N2O. The molecule has 1 N–H and O–H groups in total. The summed E-state index contributed by atoms with van der Waals surface area (Å²) in [5.74, 6) is -4.76. The minimum absolute atomic E-state index is 0.0144. The summed E-state index contributed by atoms with van der Waals surface area (Å²) in [6.07, 6.45) is -8.96. The van der Waals surface area contributed by atoms with Gasteiger partial charge in [0.05, 0.1) is 17.3 Å². The Labute approximate surface area is 174 Å². The zero-order chi connectivity index (χ0) is 23.7. The van der Waals surface area contributed by atoms with Gasteiger partial charge in [-0.2, -0.15) is 26.3 Å². The second-order valence-corrected chi connectivity index (χ2v) is 6.39. The molecule has 0 unspecified atom stereocenters. The van der Waals surface area contributed by atoms with Gasteiger partial charge in [-0.05, 0) is 30.3 Å². The van der Waals surface area contributed by atoms with E-state index in [4.69, 9.17) is 4.74 Å². The number of alkyl halides is 6. The SMILES string of the molecule is Fc1cc(F)c(CNc2ccc(Oc3cc(C(F)(F)F)ccc3C(F)(F)F)cn2)c(F)c1. The van der Waals surface area contributed by atoms with Crippen molar-refractivity contribution in [1.82, 2.24) is 4.98 Å². The molecule has 0 saturated carbocycles. The van der Waals surface area contributed by atoms with Crippen LogP contribution in [0.2, 0.25) is 0 Å². The van der Waals surface area contributed by atoms with E-state index in [-0.39, 0.29) is 29.8 Å². The van der Waals surface area contributed by atoms with Crippen LogP contribution in [0.25, 0.3) is 0 Å². The van der Waals surface area contributed by atoms with Gasteiger partial charge in [0, 0.05) is 24.2 Å². The van der Waals surface area contributed by atoms with Gasteiger partial charge in [-0.3, -0.25) is 0 Å². The van der Waals surface area contributed by atoms with Gasteiger partial charge in [0.15, 0.2) is 0 Å². The summed E-state index contributed by atoms with van der Waals surface area (Å²) in [5, 5.41) is 2.52. The van der Waals surface area contributed by atoms with E-state index in [9.17, 15) is 39.5 Å². The van der Waals surface area contributed by atoms with Crippen LogP contribution in [-0.2, 0) is 18.9 Å². The lowest BCUT2D eigenvalue weighted by molar-refractivity contribution is -0.142. The van der Waals surface area contributed by atoms with Crippen LogP contribution in [0.15, 0.2) is 48.7 Å². The van der Waals surface area contributed by atoms with Crippen molar-refractivity contribution in [2.24, 2.45) is 0 Å². The summed E-state index contributed by atoms with van der Waals surface area (Å²) >= 11 is 0. The van der Waals surface area contributed by atoms with E-state index in [0.717, 1.165) is 18.3 Å². The van der Waals surface area contributed by atoms with Gasteiger partial charge < -0.3 is 10.1 Å². The Morgan fingerprint density at radius 1 is 0.812 bits per heavy atom. The Morgan fingerprint density at radius 2 is 1.47 bits per heavy atom. The van der Waals surface area contributed by atoms with Crippen molar-refractivity contribution in [2.45, 2.75) is 18.9 Å². The van der Waals surface area contributed by atoms with E-state index in [0.29, 0.717) is 12.1 Å². The molecule has 2 aromatic carbocycles. The van der Waals surface area contributed by atoms with Crippen molar-refractivity contribution in [3.8, 4) is 11.5 Å². The van der Waals surface area contributed by atoms with Crippen LogP contribution in [0.5, 0.6) is 11.5 Å². The second kappa shape index (κ2) is 8.60. The molecule has 0 bridgehead atoms. The molecule has 170 valence electrons. The molecular weight excluding hydrogens is 455 g/mol. The lowest BCUT2D eigenvalue weighted by atomic mass is 10.1. The van der Waals surface area contributed by atoms with Gasteiger partial charge in [0.2, 0.25) is 0 Å². The maximum Gasteiger partial charge on any atom is 0.419 e. The van der Waals surface area contributed by atoms with E-state index >= 15 is 0 Å². The summed E-state index contributed by atoms with van der Waals surface area (Å²) in [6, 6.07) is 3.98. The van der Waals surface area contributed by atoms with Crippen molar-refractivity contribution in [3.63, 3.8) is 0 Å². The third-order valence-corrected chi connectivity index (χ3v) is 4.13. The zero-order valence-electron chi connectivity index (χ0n) is 15.6. The number of hydrogen-bond acceptors (Lipinski definition) is 3. The highest BCUT2D eigenvalue weighted by Gasteiger charge is 2.38. The van der Waals surface area contributed by atoms with Crippen LogP contribution in [0.3, 0.4) is 0 Å². The van der Waals surface area contributed by atoms with Gasteiger partial charge in [0.25, 0.3) is 0 Å².